The number of hydrogen-bond donors (Lipinski definition) is 1. The Morgan fingerprint density at radius 1 is 1.24 bits per heavy atom. The van der Waals surface area contributed by atoms with Gasteiger partial charge in [0.1, 0.15) is 0 Å². The molecule has 2 heteroatoms. The van der Waals surface area contributed by atoms with Crippen molar-refractivity contribution in [2.24, 2.45) is 11.3 Å². The smallest absolute Gasteiger partial charge is 0.0721 e. The highest BCUT2D eigenvalue weighted by Gasteiger charge is 2.44. The predicted molar refractivity (Wildman–Crippen MR) is 91.9 cm³/mol. The van der Waals surface area contributed by atoms with Crippen molar-refractivity contribution in [2.75, 3.05) is 0 Å². The van der Waals surface area contributed by atoms with E-state index in [1.807, 2.05) is 0 Å². The van der Waals surface area contributed by atoms with Crippen LogP contribution in [0, 0.1) is 11.3 Å². The molecule has 0 spiro atoms. The van der Waals surface area contributed by atoms with Gasteiger partial charge in [-0.15, -0.1) is 11.3 Å². The summed E-state index contributed by atoms with van der Waals surface area (Å²) in [7, 11) is 0. The molecule has 1 aliphatic carbocycles. The van der Waals surface area contributed by atoms with E-state index in [-0.39, 0.29) is 5.41 Å². The van der Waals surface area contributed by atoms with Crippen molar-refractivity contribution in [3.05, 3.63) is 35.2 Å². The summed E-state index contributed by atoms with van der Waals surface area (Å²) in [5.41, 5.74) is 0.954. The van der Waals surface area contributed by atoms with Crippen LogP contribution in [0.4, 0.5) is 0 Å². The second-order valence-electron chi connectivity index (χ2n) is 7.70. The van der Waals surface area contributed by atoms with E-state index < -0.39 is 5.60 Å². The van der Waals surface area contributed by atoms with Gasteiger partial charge in [-0.3, -0.25) is 0 Å². The Hall–Kier alpha value is -0.860. The number of benzene rings is 1. The van der Waals surface area contributed by atoms with Crippen molar-refractivity contribution >= 4 is 21.4 Å². The molecule has 0 aliphatic heterocycles. The first-order chi connectivity index (χ1) is 9.90. The number of hydrogen-bond acceptors (Lipinski definition) is 2. The van der Waals surface area contributed by atoms with E-state index >= 15 is 0 Å². The van der Waals surface area contributed by atoms with Gasteiger partial charge >= 0.3 is 0 Å². The Kier molecular flexibility index (Phi) is 3.87. The van der Waals surface area contributed by atoms with Crippen LogP contribution >= 0.6 is 11.3 Å². The van der Waals surface area contributed by atoms with Crippen LogP contribution in [0.5, 0.6) is 0 Å². The minimum atomic E-state index is -0.541. The van der Waals surface area contributed by atoms with Gasteiger partial charge in [0, 0.05) is 11.1 Å². The van der Waals surface area contributed by atoms with E-state index in [0.29, 0.717) is 5.92 Å². The van der Waals surface area contributed by atoms with Crippen LogP contribution in [0.15, 0.2) is 29.6 Å². The molecule has 0 amide bonds. The summed E-state index contributed by atoms with van der Waals surface area (Å²) in [5, 5.41) is 15.0. The molecule has 1 nitrogen and oxygen atoms in total. The third-order valence-electron chi connectivity index (χ3n) is 5.10. The van der Waals surface area contributed by atoms with Gasteiger partial charge in [0.05, 0.1) is 5.60 Å². The summed E-state index contributed by atoms with van der Waals surface area (Å²) in [6.07, 6.45) is 5.32. The lowest BCUT2D eigenvalue weighted by atomic mass is 9.62. The van der Waals surface area contributed by atoms with Crippen LogP contribution in [0.3, 0.4) is 0 Å². The lowest BCUT2D eigenvalue weighted by Crippen LogP contribution is -2.48. The third-order valence-corrected chi connectivity index (χ3v) is 6.12. The van der Waals surface area contributed by atoms with Crippen molar-refractivity contribution in [1.82, 2.24) is 0 Å². The molecule has 1 aromatic heterocycles. The van der Waals surface area contributed by atoms with Gasteiger partial charge < -0.3 is 5.11 Å². The molecule has 0 bridgehead atoms. The van der Waals surface area contributed by atoms with Crippen LogP contribution in [-0.4, -0.2) is 10.7 Å². The average molecular weight is 302 g/mol. The fourth-order valence-corrected chi connectivity index (χ4v) is 5.14. The van der Waals surface area contributed by atoms with Gasteiger partial charge in [0.15, 0.2) is 0 Å². The van der Waals surface area contributed by atoms with Gasteiger partial charge in [-0.2, -0.15) is 0 Å². The Bertz CT molecular complexity index is 622. The minimum absolute atomic E-state index is 0.168. The summed E-state index contributed by atoms with van der Waals surface area (Å²) in [5.74, 6) is 0.386. The highest BCUT2D eigenvalue weighted by atomic mass is 32.1. The average Bonchev–Trinajstić information content (AvgIpc) is 2.81. The van der Waals surface area contributed by atoms with Gasteiger partial charge in [-0.05, 0) is 46.6 Å². The van der Waals surface area contributed by atoms with Crippen molar-refractivity contribution < 1.29 is 5.11 Å². The monoisotopic (exact) mass is 302 g/mol. The summed E-state index contributed by atoms with van der Waals surface area (Å²) in [6.45, 7) is 6.83. The largest absolute Gasteiger partial charge is 0.389 e. The van der Waals surface area contributed by atoms with E-state index in [2.05, 4.69) is 50.4 Å². The van der Waals surface area contributed by atoms with E-state index in [1.54, 1.807) is 11.3 Å². The Balaban J connectivity index is 1.94. The third kappa shape index (κ3) is 2.89. The lowest BCUT2D eigenvalue weighted by molar-refractivity contribution is -0.0886. The summed E-state index contributed by atoms with van der Waals surface area (Å²) in [6, 6.07) is 8.57. The zero-order chi connectivity index (χ0) is 15.1. The molecule has 2 atom stereocenters. The molecule has 1 aromatic carbocycles. The van der Waals surface area contributed by atoms with Crippen LogP contribution in [0.2, 0.25) is 0 Å². The highest BCUT2D eigenvalue weighted by Crippen LogP contribution is 2.46. The molecule has 1 N–H and O–H groups in total. The second-order valence-corrected chi connectivity index (χ2v) is 8.61. The SMILES string of the molecule is CC(C)(C)C1CCCCC1(O)Cc1csc2ccccc12. The maximum absolute atomic E-state index is 11.4. The highest BCUT2D eigenvalue weighted by molar-refractivity contribution is 7.17. The molecule has 114 valence electrons. The molecule has 0 saturated heterocycles. The van der Waals surface area contributed by atoms with Crippen LogP contribution in [0.25, 0.3) is 10.1 Å². The first-order valence-corrected chi connectivity index (χ1v) is 8.96. The van der Waals surface area contributed by atoms with Crippen LogP contribution in [-0.2, 0) is 6.42 Å². The number of aliphatic hydroxyl groups is 1. The van der Waals surface area contributed by atoms with Crippen LogP contribution in [0.1, 0.15) is 52.0 Å². The fourth-order valence-electron chi connectivity index (χ4n) is 4.17. The van der Waals surface area contributed by atoms with E-state index in [1.165, 1.54) is 22.1 Å². The van der Waals surface area contributed by atoms with E-state index in [9.17, 15) is 5.11 Å². The Labute approximate surface area is 132 Å². The quantitative estimate of drug-likeness (QED) is 0.786. The molecular formula is C19H26OS. The van der Waals surface area contributed by atoms with Gasteiger partial charge in [0.2, 0.25) is 0 Å². The molecule has 1 fully saturated rings. The first-order valence-electron chi connectivity index (χ1n) is 8.08. The van der Waals surface area contributed by atoms with Crippen molar-refractivity contribution in [1.29, 1.82) is 0 Å². The molecule has 0 radical (unpaired) electrons. The Morgan fingerprint density at radius 2 is 2.00 bits per heavy atom. The van der Waals surface area contributed by atoms with Gasteiger partial charge in [-0.1, -0.05) is 51.8 Å². The van der Waals surface area contributed by atoms with Crippen LogP contribution < -0.4 is 0 Å². The predicted octanol–water partition coefficient (Wildman–Crippen LogP) is 5.41. The maximum Gasteiger partial charge on any atom is 0.0721 e. The van der Waals surface area contributed by atoms with Crippen molar-refractivity contribution in [3.63, 3.8) is 0 Å². The molecule has 21 heavy (non-hydrogen) atoms. The summed E-state index contributed by atoms with van der Waals surface area (Å²) < 4.78 is 1.33. The standard InChI is InChI=1S/C19H26OS/c1-18(2,3)17-10-6-7-11-19(17,20)12-14-13-21-16-9-5-4-8-15(14)16/h4-5,8-9,13,17,20H,6-7,10-12H2,1-3H3. The molecule has 3 rings (SSSR count). The van der Waals surface area contributed by atoms with E-state index in [4.69, 9.17) is 0 Å². The van der Waals surface area contributed by atoms with Gasteiger partial charge in [0.25, 0.3) is 0 Å². The molecular weight excluding hydrogens is 276 g/mol. The normalized spacial score (nSPS) is 27.1. The topological polar surface area (TPSA) is 20.2 Å². The summed E-state index contributed by atoms with van der Waals surface area (Å²) >= 11 is 1.80. The number of fused-ring (bicyclic) bond motifs is 1. The molecule has 2 aromatic rings. The minimum Gasteiger partial charge on any atom is -0.389 e. The number of rotatable bonds is 2. The van der Waals surface area contributed by atoms with Gasteiger partial charge in [-0.25, -0.2) is 0 Å². The lowest BCUT2D eigenvalue weighted by Gasteiger charge is -2.47. The zero-order valence-electron chi connectivity index (χ0n) is 13.4. The fraction of sp³-hybridized carbons (Fsp3) is 0.579. The first kappa shape index (κ1) is 15.1. The maximum atomic E-state index is 11.4. The molecule has 1 saturated carbocycles. The zero-order valence-corrected chi connectivity index (χ0v) is 14.2. The van der Waals surface area contributed by atoms with Crippen molar-refractivity contribution in [3.8, 4) is 0 Å². The second kappa shape index (κ2) is 5.40. The Morgan fingerprint density at radius 3 is 2.76 bits per heavy atom. The number of thiophene rings is 1. The summed E-state index contributed by atoms with van der Waals surface area (Å²) in [4.78, 5) is 0. The molecule has 2 unspecified atom stereocenters. The van der Waals surface area contributed by atoms with Crippen molar-refractivity contribution in [2.45, 2.75) is 58.5 Å². The van der Waals surface area contributed by atoms with E-state index in [0.717, 1.165) is 25.7 Å². The molecule has 1 aliphatic rings. The molecule has 1 heterocycles.